The quantitative estimate of drug-likeness (QED) is 0.196. The second-order valence-electron chi connectivity index (χ2n) is 11.2. The first kappa shape index (κ1) is 25.4. The van der Waals surface area contributed by atoms with Gasteiger partial charge in [-0.1, -0.05) is 127 Å². The van der Waals surface area contributed by atoms with E-state index in [4.69, 9.17) is 19.4 Å². The number of benzene rings is 7. The number of furan rings is 1. The minimum atomic E-state index is 0.633. The lowest BCUT2D eigenvalue weighted by Gasteiger charge is -2.14. The fourth-order valence-corrected chi connectivity index (χ4v) is 6.40. The third-order valence-corrected chi connectivity index (χ3v) is 8.51. The summed E-state index contributed by atoms with van der Waals surface area (Å²) in [7, 11) is 0. The van der Waals surface area contributed by atoms with Crippen LogP contribution in [-0.4, -0.2) is 15.0 Å². The molecule has 45 heavy (non-hydrogen) atoms. The zero-order valence-electron chi connectivity index (χ0n) is 24.2. The first-order chi connectivity index (χ1) is 22.3. The zero-order chi connectivity index (χ0) is 29.7. The van der Waals surface area contributed by atoms with Gasteiger partial charge in [-0.3, -0.25) is 0 Å². The molecule has 0 fully saturated rings. The zero-order valence-corrected chi connectivity index (χ0v) is 24.2. The van der Waals surface area contributed by atoms with Gasteiger partial charge >= 0.3 is 0 Å². The summed E-state index contributed by atoms with van der Waals surface area (Å²) in [6.07, 6.45) is 0. The van der Waals surface area contributed by atoms with Gasteiger partial charge in [0.05, 0.1) is 0 Å². The lowest BCUT2D eigenvalue weighted by molar-refractivity contribution is 0.669. The molecule has 2 heterocycles. The number of fused-ring (bicyclic) bond motifs is 6. The Kier molecular flexibility index (Phi) is 5.78. The van der Waals surface area contributed by atoms with Crippen LogP contribution in [0.1, 0.15) is 0 Å². The van der Waals surface area contributed by atoms with E-state index in [-0.39, 0.29) is 0 Å². The van der Waals surface area contributed by atoms with Crippen molar-refractivity contribution >= 4 is 43.5 Å². The fourth-order valence-electron chi connectivity index (χ4n) is 6.40. The lowest BCUT2D eigenvalue weighted by atomic mass is 9.91. The maximum atomic E-state index is 6.28. The van der Waals surface area contributed by atoms with Crippen molar-refractivity contribution in [1.82, 2.24) is 15.0 Å². The Morgan fingerprint density at radius 2 is 0.978 bits per heavy atom. The molecule has 0 amide bonds. The van der Waals surface area contributed by atoms with E-state index in [2.05, 4.69) is 72.8 Å². The van der Waals surface area contributed by atoms with Crippen molar-refractivity contribution in [2.45, 2.75) is 0 Å². The van der Waals surface area contributed by atoms with Gasteiger partial charge in [0.1, 0.15) is 11.2 Å². The highest BCUT2D eigenvalue weighted by molar-refractivity contribution is 6.16. The third kappa shape index (κ3) is 4.27. The Hall–Kier alpha value is -6.13. The molecule has 0 N–H and O–H groups in total. The molecule has 9 rings (SSSR count). The molecule has 0 saturated heterocycles. The van der Waals surface area contributed by atoms with Crippen LogP contribution in [0.15, 0.2) is 156 Å². The van der Waals surface area contributed by atoms with Crippen molar-refractivity contribution in [3.05, 3.63) is 152 Å². The van der Waals surface area contributed by atoms with Gasteiger partial charge in [-0.05, 0) is 56.9 Å². The van der Waals surface area contributed by atoms with E-state index in [0.717, 1.165) is 60.5 Å². The third-order valence-electron chi connectivity index (χ3n) is 8.51. The van der Waals surface area contributed by atoms with E-state index >= 15 is 0 Å². The molecule has 9 aromatic rings. The fraction of sp³-hybridized carbons (Fsp3) is 0. The smallest absolute Gasteiger partial charge is 0.164 e. The van der Waals surface area contributed by atoms with Crippen molar-refractivity contribution in [3.8, 4) is 45.3 Å². The predicted molar refractivity (Wildman–Crippen MR) is 184 cm³/mol. The monoisotopic (exact) mass is 575 g/mol. The van der Waals surface area contributed by atoms with E-state index in [9.17, 15) is 0 Å². The molecule has 0 aliphatic rings. The van der Waals surface area contributed by atoms with Crippen LogP contribution in [0.4, 0.5) is 0 Å². The van der Waals surface area contributed by atoms with Crippen LogP contribution < -0.4 is 0 Å². The Bertz CT molecular complexity index is 2480. The molecule has 0 aliphatic heterocycles. The molecular formula is C41H25N3O. The van der Waals surface area contributed by atoms with Gasteiger partial charge in [0, 0.05) is 27.5 Å². The first-order valence-electron chi connectivity index (χ1n) is 15.0. The Morgan fingerprint density at radius 1 is 0.356 bits per heavy atom. The summed E-state index contributed by atoms with van der Waals surface area (Å²) in [6, 6.07) is 52.2. The molecule has 0 atom stereocenters. The highest BCUT2D eigenvalue weighted by Crippen LogP contribution is 2.41. The molecule has 4 nitrogen and oxygen atoms in total. The molecule has 0 spiro atoms. The van der Waals surface area contributed by atoms with Crippen molar-refractivity contribution in [2.24, 2.45) is 0 Å². The molecule has 2 aromatic heterocycles. The van der Waals surface area contributed by atoms with Crippen molar-refractivity contribution < 1.29 is 4.42 Å². The number of aromatic nitrogens is 3. The van der Waals surface area contributed by atoms with Crippen LogP contribution in [0.2, 0.25) is 0 Å². The summed E-state index contributed by atoms with van der Waals surface area (Å²) in [6.45, 7) is 0. The van der Waals surface area contributed by atoms with Gasteiger partial charge < -0.3 is 4.42 Å². The summed E-state index contributed by atoms with van der Waals surface area (Å²) in [4.78, 5) is 15.2. The average Bonchev–Trinajstić information content (AvgIpc) is 3.51. The van der Waals surface area contributed by atoms with Gasteiger partial charge in [0.2, 0.25) is 0 Å². The van der Waals surface area contributed by atoms with E-state index < -0.39 is 0 Å². The van der Waals surface area contributed by atoms with Crippen LogP contribution in [-0.2, 0) is 0 Å². The Balaban J connectivity index is 1.39. The second kappa shape index (κ2) is 10.2. The van der Waals surface area contributed by atoms with Gasteiger partial charge in [0.25, 0.3) is 0 Å². The summed E-state index contributed by atoms with van der Waals surface area (Å²) < 4.78 is 6.28. The number of rotatable bonds is 4. The molecule has 0 aliphatic carbocycles. The molecule has 0 bridgehead atoms. The number of hydrogen-bond acceptors (Lipinski definition) is 4. The van der Waals surface area contributed by atoms with Gasteiger partial charge in [0.15, 0.2) is 17.5 Å². The second-order valence-corrected chi connectivity index (χ2v) is 11.2. The normalized spacial score (nSPS) is 11.6. The van der Waals surface area contributed by atoms with Crippen molar-refractivity contribution in [3.63, 3.8) is 0 Å². The SMILES string of the molecule is c1ccc(-c2nc(-c3ccccc3)nc(-c3cc(-c4cccc5oc6ccccc6c45)cc4c3ccc3ccccc34)n2)cc1. The highest BCUT2D eigenvalue weighted by atomic mass is 16.3. The minimum Gasteiger partial charge on any atom is -0.456 e. The Morgan fingerprint density at radius 3 is 1.73 bits per heavy atom. The van der Waals surface area contributed by atoms with E-state index in [1.165, 1.54) is 10.8 Å². The van der Waals surface area contributed by atoms with Crippen LogP contribution in [0, 0.1) is 0 Å². The predicted octanol–water partition coefficient (Wildman–Crippen LogP) is 10.7. The number of para-hydroxylation sites is 1. The largest absolute Gasteiger partial charge is 0.456 e. The standard InChI is InChI=1S/C41H25N3O/c1-3-13-27(14-4-1)39-42-40(28-15-5-2-6-16-28)44-41(43-39)35-25-29(24-34-30-17-8-7-12-26(30)22-23-32(34)35)31-19-11-21-37-38(31)33-18-9-10-20-36(33)45-37/h1-25H. The van der Waals surface area contributed by atoms with E-state index in [0.29, 0.717) is 17.5 Å². The van der Waals surface area contributed by atoms with Crippen LogP contribution in [0.3, 0.4) is 0 Å². The number of hydrogen-bond donors (Lipinski definition) is 0. The minimum absolute atomic E-state index is 0.633. The molecular weight excluding hydrogens is 550 g/mol. The summed E-state index contributed by atoms with van der Waals surface area (Å²) in [5.41, 5.74) is 6.77. The molecule has 4 heteroatoms. The van der Waals surface area contributed by atoms with E-state index in [1.807, 2.05) is 78.9 Å². The lowest BCUT2D eigenvalue weighted by Crippen LogP contribution is -2.01. The molecule has 210 valence electrons. The van der Waals surface area contributed by atoms with Crippen LogP contribution >= 0.6 is 0 Å². The van der Waals surface area contributed by atoms with Crippen LogP contribution in [0.25, 0.3) is 88.8 Å². The summed E-state index contributed by atoms with van der Waals surface area (Å²) in [5.74, 6) is 1.91. The molecule has 0 unspecified atom stereocenters. The van der Waals surface area contributed by atoms with Crippen molar-refractivity contribution in [2.75, 3.05) is 0 Å². The van der Waals surface area contributed by atoms with Gasteiger partial charge in [-0.15, -0.1) is 0 Å². The highest BCUT2D eigenvalue weighted by Gasteiger charge is 2.19. The Labute approximate surface area is 259 Å². The molecule has 7 aromatic carbocycles. The number of nitrogens with zero attached hydrogens (tertiary/aromatic N) is 3. The van der Waals surface area contributed by atoms with Crippen molar-refractivity contribution in [1.29, 1.82) is 0 Å². The summed E-state index contributed by atoms with van der Waals surface area (Å²) >= 11 is 0. The topological polar surface area (TPSA) is 51.8 Å². The van der Waals surface area contributed by atoms with E-state index in [1.54, 1.807) is 0 Å². The van der Waals surface area contributed by atoms with Crippen LogP contribution in [0.5, 0.6) is 0 Å². The maximum absolute atomic E-state index is 6.28. The van der Waals surface area contributed by atoms with Gasteiger partial charge in [-0.2, -0.15) is 0 Å². The van der Waals surface area contributed by atoms with Gasteiger partial charge in [-0.25, -0.2) is 15.0 Å². The molecule has 0 radical (unpaired) electrons. The summed E-state index contributed by atoms with van der Waals surface area (Å²) in [5, 5.41) is 6.80. The average molecular weight is 576 g/mol. The first-order valence-corrected chi connectivity index (χ1v) is 15.0. The molecule has 0 saturated carbocycles. The maximum Gasteiger partial charge on any atom is 0.164 e.